The molecule has 0 aliphatic carbocycles. The minimum absolute atomic E-state index is 0.104. The van der Waals surface area contributed by atoms with Gasteiger partial charge in [0.2, 0.25) is 0 Å². The maximum Gasteiger partial charge on any atom is 0.257 e. The highest BCUT2D eigenvalue weighted by Crippen LogP contribution is 2.20. The molecule has 0 aliphatic rings. The minimum Gasteiger partial charge on any atom is -0.394 e. The second-order valence-electron chi connectivity index (χ2n) is 3.64. The van der Waals surface area contributed by atoms with Crippen LogP contribution in [0.25, 0.3) is 0 Å². The van der Waals surface area contributed by atoms with Crippen molar-refractivity contribution >= 4 is 29.0 Å². The van der Waals surface area contributed by atoms with Gasteiger partial charge in [-0.15, -0.1) is 0 Å². The molecule has 98 valence electrons. The highest BCUT2D eigenvalue weighted by molar-refractivity contribution is 6.33. The largest absolute Gasteiger partial charge is 0.394 e. The Morgan fingerprint density at radius 1 is 1.32 bits per heavy atom. The molecule has 4 nitrogen and oxygen atoms in total. The molecule has 2 rings (SSSR count). The van der Waals surface area contributed by atoms with Crippen LogP contribution in [-0.4, -0.2) is 10.9 Å². The third kappa shape index (κ3) is 2.79. The fraction of sp³-hybridized carbons (Fsp3) is 0. The van der Waals surface area contributed by atoms with Crippen LogP contribution in [0, 0.1) is 11.6 Å². The second kappa shape index (κ2) is 5.19. The molecule has 1 aromatic carbocycles. The summed E-state index contributed by atoms with van der Waals surface area (Å²) in [4.78, 5) is 15.6. The number of nitrogen functional groups attached to an aromatic ring is 1. The molecule has 0 radical (unpaired) electrons. The van der Waals surface area contributed by atoms with E-state index in [-0.39, 0.29) is 16.4 Å². The van der Waals surface area contributed by atoms with Crippen molar-refractivity contribution < 1.29 is 13.6 Å². The van der Waals surface area contributed by atoms with Crippen molar-refractivity contribution in [2.75, 3.05) is 11.1 Å². The first-order valence-electron chi connectivity index (χ1n) is 5.15. The predicted molar refractivity (Wildman–Crippen MR) is 68.0 cm³/mol. The highest BCUT2D eigenvalue weighted by Gasteiger charge is 2.14. The van der Waals surface area contributed by atoms with Crippen molar-refractivity contribution in [3.63, 3.8) is 0 Å². The van der Waals surface area contributed by atoms with Crippen molar-refractivity contribution in [3.05, 3.63) is 52.7 Å². The zero-order chi connectivity index (χ0) is 14.0. The zero-order valence-corrected chi connectivity index (χ0v) is 10.2. The summed E-state index contributed by atoms with van der Waals surface area (Å²) < 4.78 is 26.5. The van der Waals surface area contributed by atoms with Crippen molar-refractivity contribution in [2.24, 2.45) is 0 Å². The first-order chi connectivity index (χ1) is 8.99. The van der Waals surface area contributed by atoms with Crippen LogP contribution in [0.2, 0.25) is 5.02 Å². The van der Waals surface area contributed by atoms with E-state index in [0.29, 0.717) is 0 Å². The quantitative estimate of drug-likeness (QED) is 0.833. The number of hydrogen-bond acceptors (Lipinski definition) is 3. The van der Waals surface area contributed by atoms with Gasteiger partial charge in [0.1, 0.15) is 17.3 Å². The molecule has 0 spiro atoms. The van der Waals surface area contributed by atoms with E-state index in [4.69, 9.17) is 17.3 Å². The number of benzene rings is 1. The van der Waals surface area contributed by atoms with Crippen LogP contribution < -0.4 is 11.1 Å². The standard InChI is InChI=1S/C12H8ClF2N3O/c13-7-2-1-3-17-11(7)18-12(19)6-4-8(14)10(16)9(15)5-6/h1-5H,16H2,(H,17,18,19). The van der Waals surface area contributed by atoms with Crippen molar-refractivity contribution in [2.45, 2.75) is 0 Å². The Balaban J connectivity index is 2.28. The minimum atomic E-state index is -1.00. The molecule has 19 heavy (non-hydrogen) atoms. The summed E-state index contributed by atoms with van der Waals surface area (Å²) >= 11 is 5.80. The van der Waals surface area contributed by atoms with Crippen molar-refractivity contribution in [1.29, 1.82) is 0 Å². The van der Waals surface area contributed by atoms with Gasteiger partial charge in [0.15, 0.2) is 5.82 Å². The van der Waals surface area contributed by atoms with Crippen molar-refractivity contribution in [3.8, 4) is 0 Å². The number of pyridine rings is 1. The first kappa shape index (κ1) is 13.2. The number of nitrogens with zero attached hydrogens (tertiary/aromatic N) is 1. The van der Waals surface area contributed by atoms with Gasteiger partial charge in [-0.3, -0.25) is 4.79 Å². The van der Waals surface area contributed by atoms with Gasteiger partial charge in [-0.2, -0.15) is 0 Å². The first-order valence-corrected chi connectivity index (χ1v) is 5.53. The van der Waals surface area contributed by atoms with Gasteiger partial charge in [-0.05, 0) is 24.3 Å². The third-order valence-corrected chi connectivity index (χ3v) is 2.64. The number of nitrogens with two attached hydrogens (primary N) is 1. The topological polar surface area (TPSA) is 68.0 Å². The summed E-state index contributed by atoms with van der Waals surface area (Å²) in [5.41, 5.74) is 4.26. The summed E-state index contributed by atoms with van der Waals surface area (Å²) in [5, 5.41) is 2.56. The Hall–Kier alpha value is -2.21. The lowest BCUT2D eigenvalue weighted by molar-refractivity contribution is 0.102. The van der Waals surface area contributed by atoms with Gasteiger partial charge in [-0.1, -0.05) is 11.6 Å². The van der Waals surface area contributed by atoms with Crippen molar-refractivity contribution in [1.82, 2.24) is 4.98 Å². The number of anilines is 2. The normalized spacial score (nSPS) is 10.3. The Labute approximate surface area is 112 Å². The summed E-state index contributed by atoms with van der Waals surface area (Å²) in [7, 11) is 0. The summed E-state index contributed by atoms with van der Waals surface area (Å²) in [6.45, 7) is 0. The fourth-order valence-electron chi connectivity index (χ4n) is 1.37. The molecule has 0 atom stereocenters. The van der Waals surface area contributed by atoms with Crippen LogP contribution in [0.15, 0.2) is 30.5 Å². The third-order valence-electron chi connectivity index (χ3n) is 2.33. The van der Waals surface area contributed by atoms with Gasteiger partial charge in [-0.25, -0.2) is 13.8 Å². The number of hydrogen-bond donors (Lipinski definition) is 2. The van der Waals surface area contributed by atoms with Crippen LogP contribution in [-0.2, 0) is 0 Å². The van der Waals surface area contributed by atoms with E-state index < -0.39 is 23.2 Å². The zero-order valence-electron chi connectivity index (χ0n) is 9.45. The van der Waals surface area contributed by atoms with Gasteiger partial charge in [0, 0.05) is 11.8 Å². The average molecular weight is 284 g/mol. The second-order valence-corrected chi connectivity index (χ2v) is 4.05. The van der Waals surface area contributed by atoms with E-state index >= 15 is 0 Å². The molecule has 0 aliphatic heterocycles. The van der Waals surface area contributed by atoms with Gasteiger partial charge in [0.05, 0.1) is 5.02 Å². The molecule has 0 unspecified atom stereocenters. The lowest BCUT2D eigenvalue weighted by Crippen LogP contribution is -2.14. The van der Waals surface area contributed by atoms with E-state index in [1.54, 1.807) is 6.07 Å². The highest BCUT2D eigenvalue weighted by atomic mass is 35.5. The fourth-order valence-corrected chi connectivity index (χ4v) is 1.54. The van der Waals surface area contributed by atoms with Gasteiger partial charge >= 0.3 is 0 Å². The molecule has 0 fully saturated rings. The molecule has 0 bridgehead atoms. The molecule has 7 heteroatoms. The summed E-state index contributed by atoms with van der Waals surface area (Å²) in [6.07, 6.45) is 1.42. The van der Waals surface area contributed by atoms with Crippen LogP contribution in [0.1, 0.15) is 10.4 Å². The number of rotatable bonds is 2. The Kier molecular flexibility index (Phi) is 3.62. The number of halogens is 3. The molecule has 1 amide bonds. The maximum atomic E-state index is 13.2. The Morgan fingerprint density at radius 3 is 2.53 bits per heavy atom. The number of carbonyl (C=O) groups is 1. The van der Waals surface area contributed by atoms with Crippen LogP contribution in [0.4, 0.5) is 20.3 Å². The van der Waals surface area contributed by atoms with Gasteiger partial charge < -0.3 is 11.1 Å². The van der Waals surface area contributed by atoms with E-state index in [2.05, 4.69) is 10.3 Å². The number of amides is 1. The number of aromatic nitrogens is 1. The SMILES string of the molecule is Nc1c(F)cc(C(=O)Nc2ncccc2Cl)cc1F. The number of carbonyl (C=O) groups excluding carboxylic acids is 1. The molecule has 0 saturated carbocycles. The van der Waals surface area contributed by atoms with E-state index in [1.807, 2.05) is 0 Å². The monoisotopic (exact) mass is 283 g/mol. The molecule has 1 aromatic heterocycles. The van der Waals surface area contributed by atoms with E-state index in [9.17, 15) is 13.6 Å². The van der Waals surface area contributed by atoms with Crippen LogP contribution in [0.3, 0.4) is 0 Å². The summed E-state index contributed by atoms with van der Waals surface area (Å²) in [6, 6.07) is 4.78. The number of nitrogens with one attached hydrogen (secondary N) is 1. The molecule has 0 saturated heterocycles. The molecule has 1 heterocycles. The molecule has 3 N–H and O–H groups in total. The predicted octanol–water partition coefficient (Wildman–Crippen LogP) is 2.85. The molecular weight excluding hydrogens is 276 g/mol. The van der Waals surface area contributed by atoms with E-state index in [0.717, 1.165) is 12.1 Å². The lowest BCUT2D eigenvalue weighted by atomic mass is 10.1. The van der Waals surface area contributed by atoms with Crippen LogP contribution in [0.5, 0.6) is 0 Å². The average Bonchev–Trinajstić information content (AvgIpc) is 2.38. The lowest BCUT2D eigenvalue weighted by Gasteiger charge is -2.07. The molecular formula is C12H8ClF2N3O. The molecule has 2 aromatic rings. The summed E-state index contributed by atoms with van der Waals surface area (Å²) in [5.74, 6) is -2.64. The Morgan fingerprint density at radius 2 is 1.95 bits per heavy atom. The smallest absolute Gasteiger partial charge is 0.257 e. The maximum absolute atomic E-state index is 13.2. The van der Waals surface area contributed by atoms with Crippen LogP contribution >= 0.6 is 11.6 Å². The Bertz CT molecular complexity index is 626. The van der Waals surface area contributed by atoms with E-state index in [1.165, 1.54) is 12.3 Å². The van der Waals surface area contributed by atoms with Gasteiger partial charge in [0.25, 0.3) is 5.91 Å².